The molecule has 1 rings (SSSR count). The molecule has 1 N–H and O–H groups in total. The van der Waals surface area contributed by atoms with Crippen LogP contribution in [0, 0.1) is 11.8 Å². The predicted molar refractivity (Wildman–Crippen MR) is 76.1 cm³/mol. The Bertz CT molecular complexity index is 238. The number of hydrogen-bond acceptors (Lipinski definition) is 3. The van der Waals surface area contributed by atoms with Gasteiger partial charge in [0.05, 0.1) is 19.8 Å². The Morgan fingerprint density at radius 1 is 1.05 bits per heavy atom. The highest BCUT2D eigenvalue weighted by Gasteiger charge is 2.24. The van der Waals surface area contributed by atoms with E-state index in [4.69, 9.17) is 9.47 Å². The molecule has 0 unspecified atom stereocenters. The molecule has 0 radical (unpaired) electrons. The number of nitrogens with one attached hydrogen (secondary N) is 1. The smallest absolute Gasteiger partial charge is 0.223 e. The highest BCUT2D eigenvalue weighted by Crippen LogP contribution is 2.30. The van der Waals surface area contributed by atoms with Gasteiger partial charge in [0.2, 0.25) is 5.91 Å². The lowest BCUT2D eigenvalue weighted by molar-refractivity contribution is -0.126. The molecule has 1 aliphatic rings. The average Bonchev–Trinajstić information content (AvgIpc) is 2.46. The van der Waals surface area contributed by atoms with Gasteiger partial charge >= 0.3 is 0 Å². The van der Waals surface area contributed by atoms with Crippen LogP contribution in [0.5, 0.6) is 0 Å². The molecule has 0 heterocycles. The number of rotatable bonds is 9. The van der Waals surface area contributed by atoms with E-state index >= 15 is 0 Å². The maximum Gasteiger partial charge on any atom is 0.223 e. The zero-order chi connectivity index (χ0) is 13.9. The van der Waals surface area contributed by atoms with Crippen LogP contribution in [0.3, 0.4) is 0 Å². The van der Waals surface area contributed by atoms with E-state index in [2.05, 4.69) is 12.2 Å². The van der Waals surface area contributed by atoms with Crippen molar-refractivity contribution in [3.05, 3.63) is 0 Å². The van der Waals surface area contributed by atoms with Crippen LogP contribution in [0.4, 0.5) is 0 Å². The van der Waals surface area contributed by atoms with Crippen molar-refractivity contribution < 1.29 is 14.3 Å². The summed E-state index contributed by atoms with van der Waals surface area (Å²) in [5.74, 6) is 1.28. The standard InChI is InChI=1S/C15H29NO3/c1-3-13-5-7-14(8-6-13)15(17)16-9-10-19-12-11-18-4-2/h13-14H,3-12H2,1-2H3,(H,16,17). The van der Waals surface area contributed by atoms with Gasteiger partial charge in [-0.15, -0.1) is 0 Å². The van der Waals surface area contributed by atoms with Crippen molar-refractivity contribution in [2.45, 2.75) is 46.0 Å². The van der Waals surface area contributed by atoms with E-state index in [1.54, 1.807) is 0 Å². The highest BCUT2D eigenvalue weighted by molar-refractivity contribution is 5.78. The second-order valence-corrected chi connectivity index (χ2v) is 5.23. The van der Waals surface area contributed by atoms with Crippen LogP contribution >= 0.6 is 0 Å². The van der Waals surface area contributed by atoms with Gasteiger partial charge < -0.3 is 14.8 Å². The topological polar surface area (TPSA) is 47.6 Å². The van der Waals surface area contributed by atoms with Crippen LogP contribution in [0.15, 0.2) is 0 Å². The van der Waals surface area contributed by atoms with Gasteiger partial charge in [0.15, 0.2) is 0 Å². The van der Waals surface area contributed by atoms with E-state index < -0.39 is 0 Å². The molecule has 1 aliphatic carbocycles. The lowest BCUT2D eigenvalue weighted by Crippen LogP contribution is -2.35. The van der Waals surface area contributed by atoms with Gasteiger partial charge in [0.25, 0.3) is 0 Å². The summed E-state index contributed by atoms with van der Waals surface area (Å²) in [5, 5.41) is 2.97. The lowest BCUT2D eigenvalue weighted by Gasteiger charge is -2.26. The minimum absolute atomic E-state index is 0.211. The summed E-state index contributed by atoms with van der Waals surface area (Å²) in [7, 11) is 0. The van der Waals surface area contributed by atoms with Gasteiger partial charge in [-0.3, -0.25) is 4.79 Å². The zero-order valence-corrected chi connectivity index (χ0v) is 12.5. The molecule has 1 saturated carbocycles. The fraction of sp³-hybridized carbons (Fsp3) is 0.933. The average molecular weight is 271 g/mol. The molecular formula is C15H29NO3. The molecule has 0 aromatic rings. The van der Waals surface area contributed by atoms with Crippen LogP contribution < -0.4 is 5.32 Å². The summed E-state index contributed by atoms with van der Waals surface area (Å²) in [6.45, 7) is 7.34. The molecule has 1 fully saturated rings. The third-order valence-corrected chi connectivity index (χ3v) is 3.92. The molecule has 1 amide bonds. The first-order valence-corrected chi connectivity index (χ1v) is 7.71. The Kier molecular flexibility index (Phi) is 8.84. The lowest BCUT2D eigenvalue weighted by atomic mass is 9.80. The molecule has 0 aliphatic heterocycles. The predicted octanol–water partition coefficient (Wildman–Crippen LogP) is 2.37. The first kappa shape index (κ1) is 16.4. The summed E-state index contributed by atoms with van der Waals surface area (Å²) in [6, 6.07) is 0. The minimum Gasteiger partial charge on any atom is -0.379 e. The van der Waals surface area contributed by atoms with Crippen LogP contribution in [-0.4, -0.2) is 38.9 Å². The number of carbonyl (C=O) groups excluding carboxylic acids is 1. The van der Waals surface area contributed by atoms with E-state index in [-0.39, 0.29) is 11.8 Å². The Morgan fingerprint density at radius 3 is 2.37 bits per heavy atom. The number of ether oxygens (including phenoxy) is 2. The Morgan fingerprint density at radius 2 is 1.74 bits per heavy atom. The molecule has 0 saturated heterocycles. The van der Waals surface area contributed by atoms with Crippen molar-refractivity contribution in [2.75, 3.05) is 33.0 Å². The van der Waals surface area contributed by atoms with E-state index in [1.165, 1.54) is 19.3 Å². The van der Waals surface area contributed by atoms with E-state index in [0.717, 1.165) is 25.4 Å². The van der Waals surface area contributed by atoms with Crippen molar-refractivity contribution in [1.82, 2.24) is 5.32 Å². The molecule has 0 aromatic carbocycles. The number of hydrogen-bond donors (Lipinski definition) is 1. The van der Waals surface area contributed by atoms with E-state index in [9.17, 15) is 4.79 Å². The van der Waals surface area contributed by atoms with Gasteiger partial charge in [-0.25, -0.2) is 0 Å². The molecular weight excluding hydrogens is 242 g/mol. The van der Waals surface area contributed by atoms with Crippen LogP contribution in [0.25, 0.3) is 0 Å². The highest BCUT2D eigenvalue weighted by atomic mass is 16.5. The molecule has 19 heavy (non-hydrogen) atoms. The molecule has 0 atom stereocenters. The SMILES string of the molecule is CCOCCOCCNC(=O)C1CCC(CC)CC1. The molecule has 112 valence electrons. The second kappa shape index (κ2) is 10.2. The molecule has 4 nitrogen and oxygen atoms in total. The maximum atomic E-state index is 11.9. The summed E-state index contributed by atoms with van der Waals surface area (Å²) < 4.78 is 10.5. The quantitative estimate of drug-likeness (QED) is 0.655. The van der Waals surface area contributed by atoms with Gasteiger partial charge in [-0.2, -0.15) is 0 Å². The van der Waals surface area contributed by atoms with Crippen molar-refractivity contribution in [3.63, 3.8) is 0 Å². The van der Waals surface area contributed by atoms with Crippen LogP contribution in [0.2, 0.25) is 0 Å². The summed E-state index contributed by atoms with van der Waals surface area (Å²) in [6.07, 6.45) is 5.77. The van der Waals surface area contributed by atoms with Crippen molar-refractivity contribution >= 4 is 5.91 Å². The van der Waals surface area contributed by atoms with Crippen molar-refractivity contribution in [1.29, 1.82) is 0 Å². The van der Waals surface area contributed by atoms with Crippen molar-refractivity contribution in [2.24, 2.45) is 11.8 Å². The molecule has 0 aromatic heterocycles. The molecule has 0 bridgehead atoms. The number of amides is 1. The Hall–Kier alpha value is -0.610. The monoisotopic (exact) mass is 271 g/mol. The molecule has 0 spiro atoms. The van der Waals surface area contributed by atoms with Crippen molar-refractivity contribution in [3.8, 4) is 0 Å². The first-order chi connectivity index (χ1) is 9.27. The second-order valence-electron chi connectivity index (χ2n) is 5.23. The fourth-order valence-corrected chi connectivity index (χ4v) is 2.59. The van der Waals surface area contributed by atoms with Crippen LogP contribution in [-0.2, 0) is 14.3 Å². The number of carbonyl (C=O) groups is 1. The van der Waals surface area contributed by atoms with Gasteiger partial charge in [-0.05, 0) is 38.5 Å². The normalized spacial score (nSPS) is 23.3. The third kappa shape index (κ3) is 6.92. The summed E-state index contributed by atoms with van der Waals surface area (Å²) >= 11 is 0. The summed E-state index contributed by atoms with van der Waals surface area (Å²) in [4.78, 5) is 11.9. The minimum atomic E-state index is 0.211. The van der Waals surface area contributed by atoms with E-state index in [1.807, 2.05) is 6.92 Å². The Labute approximate surface area is 117 Å². The van der Waals surface area contributed by atoms with Gasteiger partial charge in [0, 0.05) is 19.1 Å². The summed E-state index contributed by atoms with van der Waals surface area (Å²) in [5.41, 5.74) is 0. The van der Waals surface area contributed by atoms with Crippen LogP contribution in [0.1, 0.15) is 46.0 Å². The third-order valence-electron chi connectivity index (χ3n) is 3.92. The first-order valence-electron chi connectivity index (χ1n) is 7.71. The van der Waals surface area contributed by atoms with Gasteiger partial charge in [0.1, 0.15) is 0 Å². The van der Waals surface area contributed by atoms with E-state index in [0.29, 0.717) is 26.4 Å². The van der Waals surface area contributed by atoms with Gasteiger partial charge in [-0.1, -0.05) is 13.3 Å². The zero-order valence-electron chi connectivity index (χ0n) is 12.5. The Balaban J connectivity index is 1.99. The molecule has 4 heteroatoms. The maximum absolute atomic E-state index is 11.9. The largest absolute Gasteiger partial charge is 0.379 e. The fourth-order valence-electron chi connectivity index (χ4n) is 2.59.